The molecule has 1 aromatic rings. The van der Waals surface area contributed by atoms with E-state index in [1.54, 1.807) is 0 Å². The number of amides is 1. The van der Waals surface area contributed by atoms with Crippen LogP contribution in [0.5, 0.6) is 5.75 Å². The third kappa shape index (κ3) is 3.70. The van der Waals surface area contributed by atoms with Gasteiger partial charge in [-0.1, -0.05) is 0 Å². The van der Waals surface area contributed by atoms with Crippen LogP contribution in [0, 0.1) is 0 Å². The van der Waals surface area contributed by atoms with Gasteiger partial charge >= 0.3 is 0 Å². The standard InChI is InChI=1S/C12H14Br2N2O2/c13-9-3-7(5-15)4-10(14)12(9)18-6-11(17)16-8-1-2-8/h3-4,8H,1-2,5-6,15H2,(H,16,17). The first-order valence-corrected chi connectivity index (χ1v) is 7.29. The van der Waals surface area contributed by atoms with Gasteiger partial charge in [-0.25, -0.2) is 0 Å². The van der Waals surface area contributed by atoms with Crippen LogP contribution in [0.4, 0.5) is 0 Å². The molecule has 1 fully saturated rings. The molecule has 0 saturated heterocycles. The molecule has 2 rings (SSSR count). The van der Waals surface area contributed by atoms with E-state index in [9.17, 15) is 4.79 Å². The Kier molecular flexibility index (Phi) is 4.64. The highest BCUT2D eigenvalue weighted by Crippen LogP contribution is 2.34. The third-order valence-electron chi connectivity index (χ3n) is 2.58. The van der Waals surface area contributed by atoms with Crippen molar-refractivity contribution in [3.05, 3.63) is 26.6 Å². The molecule has 0 heterocycles. The second-order valence-electron chi connectivity index (χ2n) is 4.22. The Morgan fingerprint density at radius 2 is 2.00 bits per heavy atom. The summed E-state index contributed by atoms with van der Waals surface area (Å²) in [6, 6.07) is 4.13. The van der Waals surface area contributed by atoms with E-state index in [4.69, 9.17) is 10.5 Å². The Morgan fingerprint density at radius 3 is 2.50 bits per heavy atom. The first-order chi connectivity index (χ1) is 8.60. The van der Waals surface area contributed by atoms with E-state index in [0.29, 0.717) is 18.3 Å². The predicted octanol–water partition coefficient (Wildman–Crippen LogP) is 2.33. The monoisotopic (exact) mass is 376 g/mol. The van der Waals surface area contributed by atoms with Gasteiger partial charge in [0, 0.05) is 12.6 Å². The average molecular weight is 378 g/mol. The molecule has 0 unspecified atom stereocenters. The van der Waals surface area contributed by atoms with Gasteiger partial charge in [-0.15, -0.1) is 0 Å². The maximum atomic E-state index is 11.5. The normalized spacial score (nSPS) is 14.4. The molecule has 6 heteroatoms. The fourth-order valence-electron chi connectivity index (χ4n) is 1.50. The fourth-order valence-corrected chi connectivity index (χ4v) is 3.01. The maximum absolute atomic E-state index is 11.5. The van der Waals surface area contributed by atoms with Crippen LogP contribution in [0.1, 0.15) is 18.4 Å². The highest BCUT2D eigenvalue weighted by molar-refractivity contribution is 9.11. The third-order valence-corrected chi connectivity index (χ3v) is 3.76. The molecule has 1 aromatic carbocycles. The van der Waals surface area contributed by atoms with Gasteiger partial charge in [-0.05, 0) is 62.4 Å². The molecule has 0 bridgehead atoms. The van der Waals surface area contributed by atoms with Crippen LogP contribution in [0.3, 0.4) is 0 Å². The summed E-state index contributed by atoms with van der Waals surface area (Å²) in [6.07, 6.45) is 2.15. The molecule has 1 aliphatic carbocycles. The Morgan fingerprint density at radius 1 is 1.39 bits per heavy atom. The number of nitrogens with one attached hydrogen (secondary N) is 1. The molecular formula is C12H14Br2N2O2. The fraction of sp³-hybridized carbons (Fsp3) is 0.417. The van der Waals surface area contributed by atoms with Crippen molar-refractivity contribution in [2.45, 2.75) is 25.4 Å². The number of benzene rings is 1. The number of hydrogen-bond acceptors (Lipinski definition) is 3. The zero-order chi connectivity index (χ0) is 13.1. The van der Waals surface area contributed by atoms with Crippen LogP contribution >= 0.6 is 31.9 Å². The topological polar surface area (TPSA) is 64.3 Å². The molecule has 0 radical (unpaired) electrons. The molecule has 3 N–H and O–H groups in total. The molecule has 0 aliphatic heterocycles. The molecule has 18 heavy (non-hydrogen) atoms. The van der Waals surface area contributed by atoms with E-state index >= 15 is 0 Å². The second-order valence-corrected chi connectivity index (χ2v) is 5.93. The molecule has 0 aromatic heterocycles. The van der Waals surface area contributed by atoms with Crippen molar-refractivity contribution in [2.24, 2.45) is 5.73 Å². The average Bonchev–Trinajstić information content (AvgIpc) is 3.11. The van der Waals surface area contributed by atoms with Gasteiger partial charge in [-0.2, -0.15) is 0 Å². The van der Waals surface area contributed by atoms with Gasteiger partial charge in [-0.3, -0.25) is 4.79 Å². The first-order valence-electron chi connectivity index (χ1n) is 5.70. The Balaban J connectivity index is 1.97. The van der Waals surface area contributed by atoms with E-state index in [1.807, 2.05) is 12.1 Å². The van der Waals surface area contributed by atoms with Crippen LogP contribution in [-0.2, 0) is 11.3 Å². The number of nitrogens with two attached hydrogens (primary N) is 1. The SMILES string of the molecule is NCc1cc(Br)c(OCC(=O)NC2CC2)c(Br)c1. The van der Waals surface area contributed by atoms with Gasteiger partial charge in [0.25, 0.3) is 5.91 Å². The van der Waals surface area contributed by atoms with Crippen molar-refractivity contribution < 1.29 is 9.53 Å². The molecule has 4 nitrogen and oxygen atoms in total. The minimum atomic E-state index is -0.0841. The number of hydrogen-bond donors (Lipinski definition) is 2. The van der Waals surface area contributed by atoms with Crippen LogP contribution < -0.4 is 15.8 Å². The molecule has 0 spiro atoms. The van der Waals surface area contributed by atoms with Gasteiger partial charge in [0.1, 0.15) is 5.75 Å². The summed E-state index contributed by atoms with van der Waals surface area (Å²) >= 11 is 6.82. The Bertz CT molecular complexity index is 438. The smallest absolute Gasteiger partial charge is 0.258 e. The van der Waals surface area contributed by atoms with Gasteiger partial charge < -0.3 is 15.8 Å². The van der Waals surface area contributed by atoms with Crippen LogP contribution in [0.15, 0.2) is 21.1 Å². The summed E-state index contributed by atoms with van der Waals surface area (Å²) in [7, 11) is 0. The molecule has 1 saturated carbocycles. The first kappa shape index (κ1) is 13.8. The van der Waals surface area contributed by atoms with Crippen molar-refractivity contribution in [1.29, 1.82) is 0 Å². The zero-order valence-corrected chi connectivity index (χ0v) is 12.9. The predicted molar refractivity (Wildman–Crippen MR) is 76.4 cm³/mol. The summed E-state index contributed by atoms with van der Waals surface area (Å²) < 4.78 is 7.09. The van der Waals surface area contributed by atoms with E-state index in [1.165, 1.54) is 0 Å². The Hall–Kier alpha value is -0.590. The second kappa shape index (κ2) is 6.04. The van der Waals surface area contributed by atoms with Crippen molar-refractivity contribution in [1.82, 2.24) is 5.32 Å². The highest BCUT2D eigenvalue weighted by atomic mass is 79.9. The van der Waals surface area contributed by atoms with Gasteiger partial charge in [0.05, 0.1) is 8.95 Å². The van der Waals surface area contributed by atoms with E-state index in [-0.39, 0.29) is 12.5 Å². The number of halogens is 2. The summed E-state index contributed by atoms with van der Waals surface area (Å²) in [5, 5.41) is 2.87. The van der Waals surface area contributed by atoms with Crippen molar-refractivity contribution in [3.8, 4) is 5.75 Å². The lowest BCUT2D eigenvalue weighted by molar-refractivity contribution is -0.123. The summed E-state index contributed by atoms with van der Waals surface area (Å²) in [5.41, 5.74) is 6.56. The van der Waals surface area contributed by atoms with Crippen LogP contribution in [0.25, 0.3) is 0 Å². The lowest BCUT2D eigenvalue weighted by Gasteiger charge is -2.11. The number of rotatable bonds is 5. The van der Waals surface area contributed by atoms with Gasteiger partial charge in [0.15, 0.2) is 6.61 Å². The minimum absolute atomic E-state index is 0.0235. The maximum Gasteiger partial charge on any atom is 0.258 e. The van der Waals surface area contributed by atoms with Gasteiger partial charge in [0.2, 0.25) is 0 Å². The van der Waals surface area contributed by atoms with Crippen molar-refractivity contribution in [2.75, 3.05) is 6.61 Å². The number of carbonyl (C=O) groups is 1. The van der Waals surface area contributed by atoms with Crippen LogP contribution in [-0.4, -0.2) is 18.6 Å². The van der Waals surface area contributed by atoms with E-state index < -0.39 is 0 Å². The van der Waals surface area contributed by atoms with E-state index in [0.717, 1.165) is 27.4 Å². The quantitative estimate of drug-likeness (QED) is 0.827. The molecule has 98 valence electrons. The Labute approximate surface area is 123 Å². The molecule has 1 amide bonds. The molecule has 0 atom stereocenters. The number of ether oxygens (including phenoxy) is 1. The van der Waals surface area contributed by atoms with E-state index in [2.05, 4.69) is 37.2 Å². The lowest BCUT2D eigenvalue weighted by atomic mass is 10.2. The summed E-state index contributed by atoms with van der Waals surface area (Å²) in [5.74, 6) is 0.539. The lowest BCUT2D eigenvalue weighted by Crippen LogP contribution is -2.30. The molecule has 1 aliphatic rings. The van der Waals surface area contributed by atoms with Crippen LogP contribution in [0.2, 0.25) is 0 Å². The number of carbonyl (C=O) groups excluding carboxylic acids is 1. The highest BCUT2D eigenvalue weighted by Gasteiger charge is 2.23. The van der Waals surface area contributed by atoms with Crippen molar-refractivity contribution in [3.63, 3.8) is 0 Å². The largest absolute Gasteiger partial charge is 0.481 e. The summed E-state index contributed by atoms with van der Waals surface area (Å²) in [6.45, 7) is 0.481. The molecular weight excluding hydrogens is 364 g/mol. The minimum Gasteiger partial charge on any atom is -0.481 e. The van der Waals surface area contributed by atoms with Crippen molar-refractivity contribution >= 4 is 37.8 Å². The zero-order valence-electron chi connectivity index (χ0n) is 9.71. The summed E-state index contributed by atoms with van der Waals surface area (Å²) in [4.78, 5) is 11.5.